The first-order chi connectivity index (χ1) is 9.33. The SMILES string of the molecule is O=C1C=C2OCOC2=C/C1=C\C=C\c1ccccc1. The maximum absolute atomic E-state index is 11.8. The molecule has 19 heavy (non-hydrogen) atoms. The average Bonchev–Trinajstić information content (AvgIpc) is 2.87. The van der Waals surface area contributed by atoms with E-state index in [-0.39, 0.29) is 12.6 Å². The summed E-state index contributed by atoms with van der Waals surface area (Å²) in [5.41, 5.74) is 1.68. The second-order valence-electron chi connectivity index (χ2n) is 4.18. The zero-order chi connectivity index (χ0) is 13.1. The van der Waals surface area contributed by atoms with E-state index in [0.717, 1.165) is 5.56 Å². The number of rotatable bonds is 2. The summed E-state index contributed by atoms with van der Waals surface area (Å²) in [6, 6.07) is 9.91. The van der Waals surface area contributed by atoms with Crippen molar-refractivity contribution in [1.82, 2.24) is 0 Å². The highest BCUT2D eigenvalue weighted by atomic mass is 16.7. The van der Waals surface area contributed by atoms with Crippen LogP contribution in [0.25, 0.3) is 6.08 Å². The van der Waals surface area contributed by atoms with Crippen LogP contribution in [0.4, 0.5) is 0 Å². The third-order valence-corrected chi connectivity index (χ3v) is 2.87. The predicted molar refractivity (Wildman–Crippen MR) is 71.8 cm³/mol. The van der Waals surface area contributed by atoms with E-state index in [1.54, 1.807) is 12.2 Å². The molecule has 0 radical (unpaired) electrons. The van der Waals surface area contributed by atoms with Gasteiger partial charge >= 0.3 is 0 Å². The summed E-state index contributed by atoms with van der Waals surface area (Å²) in [5.74, 6) is 1.08. The summed E-state index contributed by atoms with van der Waals surface area (Å²) in [7, 11) is 0. The number of ketones is 1. The molecule has 3 heteroatoms. The molecule has 0 aromatic heterocycles. The highest BCUT2D eigenvalue weighted by Crippen LogP contribution is 2.27. The number of hydrogen-bond donors (Lipinski definition) is 0. The van der Waals surface area contributed by atoms with Crippen LogP contribution in [0.15, 0.2) is 71.7 Å². The van der Waals surface area contributed by atoms with Crippen molar-refractivity contribution in [3.63, 3.8) is 0 Å². The van der Waals surface area contributed by atoms with Crippen molar-refractivity contribution in [2.45, 2.75) is 0 Å². The van der Waals surface area contributed by atoms with Crippen LogP contribution in [-0.2, 0) is 14.3 Å². The molecular formula is C16H12O3. The van der Waals surface area contributed by atoms with Crippen molar-refractivity contribution in [1.29, 1.82) is 0 Å². The van der Waals surface area contributed by atoms with Crippen molar-refractivity contribution in [2.75, 3.05) is 6.79 Å². The molecule has 0 amide bonds. The normalized spacial score (nSPS) is 19.8. The summed E-state index contributed by atoms with van der Waals surface area (Å²) >= 11 is 0. The first-order valence-electron chi connectivity index (χ1n) is 6.00. The van der Waals surface area contributed by atoms with Gasteiger partial charge < -0.3 is 9.47 Å². The Morgan fingerprint density at radius 3 is 2.53 bits per heavy atom. The van der Waals surface area contributed by atoms with E-state index in [9.17, 15) is 4.79 Å². The Morgan fingerprint density at radius 2 is 1.74 bits per heavy atom. The molecule has 94 valence electrons. The molecule has 3 nitrogen and oxygen atoms in total. The molecule has 0 spiro atoms. The zero-order valence-corrected chi connectivity index (χ0v) is 10.2. The molecule has 0 unspecified atom stereocenters. The van der Waals surface area contributed by atoms with Gasteiger partial charge in [0.25, 0.3) is 0 Å². The van der Waals surface area contributed by atoms with E-state index in [1.807, 2.05) is 42.5 Å². The van der Waals surface area contributed by atoms with Gasteiger partial charge in [0.05, 0.1) is 0 Å². The molecule has 1 aliphatic carbocycles. The Morgan fingerprint density at radius 1 is 1.00 bits per heavy atom. The third-order valence-electron chi connectivity index (χ3n) is 2.87. The topological polar surface area (TPSA) is 35.5 Å². The second-order valence-corrected chi connectivity index (χ2v) is 4.18. The highest BCUT2D eigenvalue weighted by molar-refractivity contribution is 6.08. The van der Waals surface area contributed by atoms with Crippen molar-refractivity contribution >= 4 is 11.9 Å². The second kappa shape index (κ2) is 4.98. The fraction of sp³-hybridized carbons (Fsp3) is 0.0625. The molecule has 1 aromatic rings. The van der Waals surface area contributed by atoms with E-state index in [1.165, 1.54) is 6.08 Å². The Hall–Kier alpha value is -2.55. The lowest BCUT2D eigenvalue weighted by molar-refractivity contribution is -0.111. The van der Waals surface area contributed by atoms with Crippen molar-refractivity contribution in [2.24, 2.45) is 0 Å². The summed E-state index contributed by atoms with van der Waals surface area (Å²) in [6.07, 6.45) is 8.75. The Labute approximate surface area is 111 Å². The minimum absolute atomic E-state index is 0.0676. The Bertz CT molecular complexity index is 619. The summed E-state index contributed by atoms with van der Waals surface area (Å²) in [5, 5.41) is 0. The lowest BCUT2D eigenvalue weighted by atomic mass is 10.0. The first kappa shape index (κ1) is 11.5. The summed E-state index contributed by atoms with van der Waals surface area (Å²) < 4.78 is 10.4. The van der Waals surface area contributed by atoms with Gasteiger partial charge in [-0.05, 0) is 11.6 Å². The van der Waals surface area contributed by atoms with Gasteiger partial charge in [-0.1, -0.05) is 48.6 Å². The zero-order valence-electron chi connectivity index (χ0n) is 10.2. The van der Waals surface area contributed by atoms with Crippen molar-refractivity contribution < 1.29 is 14.3 Å². The number of benzene rings is 1. The van der Waals surface area contributed by atoms with Gasteiger partial charge in [-0.2, -0.15) is 0 Å². The largest absolute Gasteiger partial charge is 0.454 e. The van der Waals surface area contributed by atoms with Crippen LogP contribution in [-0.4, -0.2) is 12.6 Å². The summed E-state index contributed by atoms with van der Waals surface area (Å²) in [6.45, 7) is 0.179. The molecule has 1 aliphatic heterocycles. The van der Waals surface area contributed by atoms with E-state index in [0.29, 0.717) is 17.1 Å². The molecule has 1 heterocycles. The van der Waals surface area contributed by atoms with Crippen LogP contribution < -0.4 is 0 Å². The maximum atomic E-state index is 11.8. The van der Waals surface area contributed by atoms with Gasteiger partial charge in [-0.3, -0.25) is 4.79 Å². The molecule has 0 saturated carbocycles. The average molecular weight is 252 g/mol. The van der Waals surface area contributed by atoms with Crippen LogP contribution in [0.2, 0.25) is 0 Å². The van der Waals surface area contributed by atoms with Crippen molar-refractivity contribution in [3.05, 3.63) is 77.3 Å². The van der Waals surface area contributed by atoms with Crippen LogP contribution >= 0.6 is 0 Å². The number of carbonyl (C=O) groups excluding carboxylic acids is 1. The number of allylic oxidation sites excluding steroid dienone is 5. The van der Waals surface area contributed by atoms with Gasteiger partial charge in [0.2, 0.25) is 6.79 Å². The van der Waals surface area contributed by atoms with Crippen LogP contribution in [0.3, 0.4) is 0 Å². The van der Waals surface area contributed by atoms with E-state index >= 15 is 0 Å². The number of carbonyl (C=O) groups is 1. The Kier molecular flexibility index (Phi) is 3.02. The van der Waals surface area contributed by atoms with E-state index < -0.39 is 0 Å². The van der Waals surface area contributed by atoms with Gasteiger partial charge in [0.15, 0.2) is 17.3 Å². The number of fused-ring (bicyclic) bond motifs is 1. The molecule has 0 bridgehead atoms. The molecule has 2 aliphatic rings. The minimum atomic E-state index is -0.0676. The van der Waals surface area contributed by atoms with Gasteiger partial charge in [0.1, 0.15) is 0 Å². The van der Waals surface area contributed by atoms with Gasteiger partial charge in [-0.25, -0.2) is 0 Å². The highest BCUT2D eigenvalue weighted by Gasteiger charge is 2.24. The van der Waals surface area contributed by atoms with E-state index in [2.05, 4.69) is 0 Å². The first-order valence-corrected chi connectivity index (χ1v) is 6.00. The molecule has 0 N–H and O–H groups in total. The maximum Gasteiger partial charge on any atom is 0.231 e. The third kappa shape index (κ3) is 2.50. The lowest BCUT2D eigenvalue weighted by Crippen LogP contribution is -2.04. The standard InChI is InChI=1S/C16H12O3/c17-14-10-16-15(18-11-19-16)9-13(14)8-4-7-12-5-2-1-3-6-12/h1-10H,11H2/b7-4+,13-8+. The van der Waals surface area contributed by atoms with Gasteiger partial charge in [0, 0.05) is 11.6 Å². The van der Waals surface area contributed by atoms with Gasteiger partial charge in [-0.15, -0.1) is 0 Å². The lowest BCUT2D eigenvalue weighted by Gasteiger charge is -2.05. The fourth-order valence-corrected chi connectivity index (χ4v) is 1.90. The molecule has 1 saturated heterocycles. The van der Waals surface area contributed by atoms with E-state index in [4.69, 9.17) is 9.47 Å². The van der Waals surface area contributed by atoms with Crippen LogP contribution in [0.5, 0.6) is 0 Å². The quantitative estimate of drug-likeness (QED) is 0.759. The van der Waals surface area contributed by atoms with Crippen LogP contribution in [0.1, 0.15) is 5.56 Å². The number of hydrogen-bond acceptors (Lipinski definition) is 3. The number of ether oxygens (including phenoxy) is 2. The Balaban J connectivity index is 1.80. The molecule has 0 atom stereocenters. The molecule has 1 aromatic carbocycles. The molecule has 1 fully saturated rings. The monoisotopic (exact) mass is 252 g/mol. The minimum Gasteiger partial charge on any atom is -0.454 e. The fourth-order valence-electron chi connectivity index (χ4n) is 1.90. The molecular weight excluding hydrogens is 240 g/mol. The summed E-state index contributed by atoms with van der Waals surface area (Å²) in [4.78, 5) is 11.8. The smallest absolute Gasteiger partial charge is 0.231 e. The van der Waals surface area contributed by atoms with Crippen molar-refractivity contribution in [3.8, 4) is 0 Å². The van der Waals surface area contributed by atoms with Crippen LogP contribution in [0, 0.1) is 0 Å². The predicted octanol–water partition coefficient (Wildman–Crippen LogP) is 2.98. The molecule has 3 rings (SSSR count).